The minimum atomic E-state index is 0.286. The van der Waals surface area contributed by atoms with Crippen molar-refractivity contribution in [2.24, 2.45) is 5.41 Å². The molecule has 0 aliphatic heterocycles. The third-order valence-corrected chi connectivity index (χ3v) is 4.41. The molecule has 0 fully saturated rings. The first-order valence-electron chi connectivity index (χ1n) is 7.82. The van der Waals surface area contributed by atoms with Crippen LogP contribution < -0.4 is 0 Å². The Morgan fingerprint density at radius 3 is 2.38 bits per heavy atom. The van der Waals surface area contributed by atoms with Crippen molar-refractivity contribution in [2.75, 3.05) is 0 Å². The van der Waals surface area contributed by atoms with Crippen molar-refractivity contribution in [1.82, 2.24) is 0 Å². The fourth-order valence-corrected chi connectivity index (χ4v) is 2.60. The molecule has 0 aromatic carbocycles. The van der Waals surface area contributed by atoms with Crippen LogP contribution in [0.4, 0.5) is 0 Å². The first kappa shape index (κ1) is 17.5. The second kappa shape index (κ2) is 7.45. The highest BCUT2D eigenvalue weighted by molar-refractivity contribution is 5.41. The topological polar surface area (TPSA) is 0 Å². The summed E-state index contributed by atoms with van der Waals surface area (Å²) >= 11 is 0. The predicted octanol–water partition coefficient (Wildman–Crippen LogP) is 6.70. The van der Waals surface area contributed by atoms with Gasteiger partial charge in [-0.1, -0.05) is 68.0 Å². The molecule has 0 spiro atoms. The van der Waals surface area contributed by atoms with Crippen LogP contribution in [0.25, 0.3) is 0 Å². The first-order chi connectivity index (χ1) is 9.77. The maximum absolute atomic E-state index is 3.81. The van der Waals surface area contributed by atoms with Crippen LogP contribution >= 0.6 is 0 Å². The largest absolute Gasteiger partial charge is 0.0988 e. The maximum Gasteiger partial charge on any atom is -0.00981 e. The van der Waals surface area contributed by atoms with Gasteiger partial charge in [-0.05, 0) is 62.7 Å². The molecule has 1 aliphatic carbocycles. The van der Waals surface area contributed by atoms with E-state index in [1.165, 1.54) is 40.7 Å². The molecule has 0 N–H and O–H groups in total. The maximum atomic E-state index is 3.81. The van der Waals surface area contributed by atoms with Gasteiger partial charge in [-0.2, -0.15) is 0 Å². The van der Waals surface area contributed by atoms with Gasteiger partial charge in [-0.25, -0.2) is 0 Å². The highest BCUT2D eigenvalue weighted by atomic mass is 14.3. The molecular weight excluding hydrogens is 252 g/mol. The molecule has 21 heavy (non-hydrogen) atoms. The zero-order valence-electron chi connectivity index (χ0n) is 14.6. The van der Waals surface area contributed by atoms with E-state index in [2.05, 4.69) is 78.5 Å². The molecule has 0 aromatic rings. The van der Waals surface area contributed by atoms with Crippen molar-refractivity contribution >= 4 is 0 Å². The molecule has 0 amide bonds. The second-order valence-electron chi connectivity index (χ2n) is 6.70. The quantitative estimate of drug-likeness (QED) is 0.503. The Labute approximate surface area is 131 Å². The molecule has 0 saturated carbocycles. The van der Waals surface area contributed by atoms with E-state index in [-0.39, 0.29) is 5.41 Å². The first-order valence-corrected chi connectivity index (χ1v) is 7.82. The highest BCUT2D eigenvalue weighted by Gasteiger charge is 2.26. The molecule has 114 valence electrons. The van der Waals surface area contributed by atoms with Crippen LogP contribution in [0.3, 0.4) is 0 Å². The Bertz CT molecular complexity index is 543. The van der Waals surface area contributed by atoms with Crippen molar-refractivity contribution in [3.8, 4) is 0 Å². The molecule has 0 saturated heterocycles. The minimum absolute atomic E-state index is 0.286. The summed E-state index contributed by atoms with van der Waals surface area (Å²) in [7, 11) is 0. The van der Waals surface area contributed by atoms with E-state index < -0.39 is 0 Å². The van der Waals surface area contributed by atoms with Gasteiger partial charge in [0.1, 0.15) is 0 Å². The lowest BCUT2D eigenvalue weighted by molar-refractivity contribution is 0.404. The van der Waals surface area contributed by atoms with Crippen LogP contribution in [0, 0.1) is 5.41 Å². The van der Waals surface area contributed by atoms with E-state index >= 15 is 0 Å². The lowest BCUT2D eigenvalue weighted by atomic mass is 9.73. The van der Waals surface area contributed by atoms with Crippen LogP contribution in [0.5, 0.6) is 0 Å². The number of hydrogen-bond acceptors (Lipinski definition) is 0. The summed E-state index contributed by atoms with van der Waals surface area (Å²) in [6, 6.07) is 0. The Kier molecular flexibility index (Phi) is 6.20. The molecule has 0 heterocycles. The molecule has 0 aromatic heterocycles. The Balaban J connectivity index is 2.95. The van der Waals surface area contributed by atoms with Crippen LogP contribution in [0.2, 0.25) is 0 Å². The smallest absolute Gasteiger partial charge is 0.00981 e. The van der Waals surface area contributed by atoms with Gasteiger partial charge in [-0.15, -0.1) is 0 Å². The van der Waals surface area contributed by atoms with Gasteiger partial charge in [-0.3, -0.25) is 0 Å². The normalized spacial score (nSPS) is 22.3. The minimum Gasteiger partial charge on any atom is -0.0988 e. The summed E-state index contributed by atoms with van der Waals surface area (Å²) in [5, 5.41) is 0. The van der Waals surface area contributed by atoms with Crippen molar-refractivity contribution in [1.29, 1.82) is 0 Å². The van der Waals surface area contributed by atoms with Gasteiger partial charge in [0.05, 0.1) is 0 Å². The standard InChI is InChI=1S/C21H30/c1-8-17(3)18(4)13-11-16(2)12-14-20-19(5)10-9-15-21(20,6)7/h8,10-14H,1,9,15H2,2-7H3/b13-11+,16-12+,18-17+,20-14+. The summed E-state index contributed by atoms with van der Waals surface area (Å²) in [5.74, 6) is 0. The molecule has 0 radical (unpaired) electrons. The number of rotatable bonds is 4. The third kappa shape index (κ3) is 5.04. The van der Waals surface area contributed by atoms with E-state index in [9.17, 15) is 0 Å². The van der Waals surface area contributed by atoms with Crippen LogP contribution in [0.1, 0.15) is 54.4 Å². The summed E-state index contributed by atoms with van der Waals surface area (Å²) in [4.78, 5) is 0. The summed E-state index contributed by atoms with van der Waals surface area (Å²) in [6.45, 7) is 17.1. The zero-order chi connectivity index (χ0) is 16.0. The van der Waals surface area contributed by atoms with Gasteiger partial charge in [0, 0.05) is 0 Å². The van der Waals surface area contributed by atoms with Crippen LogP contribution in [-0.2, 0) is 0 Å². The van der Waals surface area contributed by atoms with Gasteiger partial charge in [0.2, 0.25) is 0 Å². The second-order valence-corrected chi connectivity index (χ2v) is 6.70. The van der Waals surface area contributed by atoms with Crippen LogP contribution in [0.15, 0.2) is 70.9 Å². The SMILES string of the molecule is C=C/C(C)=C(C)/C=C/C(C)=C/C=C1\C(C)=CCCC1(C)C. The van der Waals surface area contributed by atoms with Gasteiger partial charge in [0.25, 0.3) is 0 Å². The van der Waals surface area contributed by atoms with Crippen molar-refractivity contribution in [3.63, 3.8) is 0 Å². The lowest BCUT2D eigenvalue weighted by Crippen LogP contribution is -2.18. The average Bonchev–Trinajstić information content (AvgIpc) is 2.42. The Morgan fingerprint density at radius 2 is 1.81 bits per heavy atom. The third-order valence-electron chi connectivity index (χ3n) is 4.41. The lowest BCUT2D eigenvalue weighted by Gasteiger charge is -2.32. The van der Waals surface area contributed by atoms with Gasteiger partial charge >= 0.3 is 0 Å². The van der Waals surface area contributed by atoms with E-state index in [4.69, 9.17) is 0 Å². The summed E-state index contributed by atoms with van der Waals surface area (Å²) in [6.07, 6.45) is 15.6. The van der Waals surface area contributed by atoms with Crippen molar-refractivity contribution < 1.29 is 0 Å². The Morgan fingerprint density at radius 1 is 1.14 bits per heavy atom. The van der Waals surface area contributed by atoms with E-state index in [0.29, 0.717) is 0 Å². The van der Waals surface area contributed by atoms with Crippen molar-refractivity contribution in [3.05, 3.63) is 70.9 Å². The molecule has 1 aliphatic rings. The Hall–Kier alpha value is -1.56. The molecule has 0 bridgehead atoms. The van der Waals surface area contributed by atoms with Crippen molar-refractivity contribution in [2.45, 2.75) is 54.4 Å². The predicted molar refractivity (Wildman–Crippen MR) is 96.3 cm³/mol. The molecule has 0 unspecified atom stereocenters. The van der Waals surface area contributed by atoms with E-state index in [0.717, 1.165) is 0 Å². The molecule has 0 nitrogen and oxygen atoms in total. The van der Waals surface area contributed by atoms with Gasteiger partial charge < -0.3 is 0 Å². The molecule has 0 atom stereocenters. The molecule has 1 rings (SSSR count). The fraction of sp³-hybridized carbons (Fsp3) is 0.429. The zero-order valence-corrected chi connectivity index (χ0v) is 14.6. The molecule has 0 heteroatoms. The number of allylic oxidation sites excluding steroid dienone is 11. The monoisotopic (exact) mass is 282 g/mol. The summed E-state index contributed by atoms with van der Waals surface area (Å²) in [5.41, 5.74) is 6.94. The van der Waals surface area contributed by atoms with Gasteiger partial charge in [0.15, 0.2) is 0 Å². The highest BCUT2D eigenvalue weighted by Crippen LogP contribution is 2.40. The summed E-state index contributed by atoms with van der Waals surface area (Å²) < 4.78 is 0. The fourth-order valence-electron chi connectivity index (χ4n) is 2.60. The van der Waals surface area contributed by atoms with E-state index in [1.54, 1.807) is 0 Å². The number of hydrogen-bond donors (Lipinski definition) is 0. The van der Waals surface area contributed by atoms with Crippen LogP contribution in [-0.4, -0.2) is 0 Å². The average molecular weight is 282 g/mol. The van der Waals surface area contributed by atoms with E-state index in [1.807, 2.05) is 6.08 Å². The molecular formula is C21H30.